The zero-order valence-electron chi connectivity index (χ0n) is 26.8. The minimum Gasteiger partial charge on any atom is -0.358 e. The van der Waals surface area contributed by atoms with Gasteiger partial charge in [0, 0.05) is 34.1 Å². The summed E-state index contributed by atoms with van der Waals surface area (Å²) in [5.41, 5.74) is 8.98. The van der Waals surface area contributed by atoms with Crippen LogP contribution in [0.15, 0.2) is 79.9 Å². The molecule has 4 aromatic heterocycles. The van der Waals surface area contributed by atoms with Crippen molar-refractivity contribution in [1.82, 2.24) is 35.0 Å². The Balaban J connectivity index is 1.31. The second-order valence-electron chi connectivity index (χ2n) is 12.1. The number of hydrogen-bond acceptors (Lipinski definition) is 6. The fraction of sp³-hybridized carbons (Fsp3) is 0.297. The molecule has 1 unspecified atom stereocenters. The molecule has 0 aliphatic carbocycles. The van der Waals surface area contributed by atoms with Gasteiger partial charge < -0.3 is 15.2 Å². The van der Waals surface area contributed by atoms with Crippen molar-refractivity contribution in [2.45, 2.75) is 52.4 Å². The Labute approximate surface area is 269 Å². The molecule has 0 bridgehead atoms. The first-order valence-corrected chi connectivity index (χ1v) is 16.0. The minimum absolute atomic E-state index is 0.228. The number of nitrogens with zero attached hydrogens (tertiary/aromatic N) is 5. The van der Waals surface area contributed by atoms with Gasteiger partial charge in [-0.05, 0) is 93.6 Å². The van der Waals surface area contributed by atoms with Crippen LogP contribution in [0, 0.1) is 12.7 Å². The van der Waals surface area contributed by atoms with Gasteiger partial charge in [0.1, 0.15) is 11.5 Å². The maximum Gasteiger partial charge on any atom is 0.159 e. The fourth-order valence-electron chi connectivity index (χ4n) is 6.06. The first-order valence-electron chi connectivity index (χ1n) is 16.0. The molecular weight excluding hydrogens is 575 g/mol. The third-order valence-electron chi connectivity index (χ3n) is 8.75. The van der Waals surface area contributed by atoms with Gasteiger partial charge >= 0.3 is 0 Å². The van der Waals surface area contributed by atoms with Gasteiger partial charge in [-0.15, -0.1) is 0 Å². The Bertz CT molecular complexity index is 1910. The number of fused-ring (bicyclic) bond motifs is 1. The smallest absolute Gasteiger partial charge is 0.159 e. The van der Waals surface area contributed by atoms with E-state index in [1.807, 2.05) is 32.1 Å². The van der Waals surface area contributed by atoms with E-state index in [9.17, 15) is 0 Å². The molecule has 0 spiro atoms. The standard InChI is InChI=1S/C37H41FN8/c1-6-10-31(27-15-26(16-29(38)17-27)23(3)11-14-46-12-8-9-13-46)35-25(5)42-37(43-35)36-32-19-33(40-22-34(32)44-45-36)28-18-30(21-39-20-28)41-24(4)7-2/h6,10,15-23,41H,1,4,7-9,11-14H2,2-3,5H3,(H,42,43)(H,44,45)/b31-10-. The number of pyridine rings is 2. The van der Waals surface area contributed by atoms with Crippen LogP contribution in [0.5, 0.6) is 0 Å². The van der Waals surface area contributed by atoms with E-state index in [-0.39, 0.29) is 11.7 Å². The van der Waals surface area contributed by atoms with Crippen LogP contribution in [-0.4, -0.2) is 54.7 Å². The molecule has 236 valence electrons. The van der Waals surface area contributed by atoms with Crippen molar-refractivity contribution in [1.29, 1.82) is 0 Å². The molecule has 1 aromatic carbocycles. The number of benzene rings is 1. The summed E-state index contributed by atoms with van der Waals surface area (Å²) in [6.45, 7) is 17.5. The number of aryl methyl sites for hydroxylation is 1. The number of aromatic nitrogens is 6. The first kappa shape index (κ1) is 31.1. The van der Waals surface area contributed by atoms with Crippen LogP contribution < -0.4 is 5.32 Å². The minimum atomic E-state index is -0.255. The third-order valence-corrected chi connectivity index (χ3v) is 8.75. The molecule has 8 nitrogen and oxygen atoms in total. The second kappa shape index (κ2) is 13.6. The van der Waals surface area contributed by atoms with Crippen molar-refractivity contribution in [3.05, 3.63) is 108 Å². The van der Waals surface area contributed by atoms with E-state index in [4.69, 9.17) is 4.98 Å². The highest BCUT2D eigenvalue weighted by atomic mass is 19.1. The van der Waals surface area contributed by atoms with Gasteiger partial charge in [0.05, 0.1) is 35.0 Å². The molecule has 3 N–H and O–H groups in total. The molecule has 0 radical (unpaired) electrons. The molecule has 9 heteroatoms. The molecule has 1 saturated heterocycles. The average Bonchev–Trinajstić information content (AvgIpc) is 3.82. The Morgan fingerprint density at radius 1 is 1.13 bits per heavy atom. The van der Waals surface area contributed by atoms with E-state index >= 15 is 4.39 Å². The zero-order chi connectivity index (χ0) is 32.2. The van der Waals surface area contributed by atoms with Gasteiger partial charge in [-0.1, -0.05) is 45.2 Å². The van der Waals surface area contributed by atoms with Gasteiger partial charge in [-0.3, -0.25) is 15.1 Å². The van der Waals surface area contributed by atoms with Crippen LogP contribution >= 0.6 is 0 Å². The Morgan fingerprint density at radius 2 is 1.96 bits per heavy atom. The normalized spacial score (nSPS) is 14.6. The van der Waals surface area contributed by atoms with Crippen LogP contribution in [0.2, 0.25) is 0 Å². The summed E-state index contributed by atoms with van der Waals surface area (Å²) in [5.74, 6) is 0.579. The summed E-state index contributed by atoms with van der Waals surface area (Å²) in [6, 6.07) is 9.33. The van der Waals surface area contributed by atoms with E-state index in [0.29, 0.717) is 11.5 Å². The second-order valence-corrected chi connectivity index (χ2v) is 12.1. The van der Waals surface area contributed by atoms with E-state index < -0.39 is 0 Å². The zero-order valence-corrected chi connectivity index (χ0v) is 26.8. The Hall–Kier alpha value is -4.89. The number of H-pyrrole nitrogens is 2. The molecule has 5 aromatic rings. The van der Waals surface area contributed by atoms with Crippen molar-refractivity contribution in [3.8, 4) is 22.8 Å². The van der Waals surface area contributed by atoms with E-state index in [1.165, 1.54) is 12.8 Å². The van der Waals surface area contributed by atoms with E-state index in [2.05, 4.69) is 61.5 Å². The quantitative estimate of drug-likeness (QED) is 0.122. The SMILES string of the molecule is C=C/C=C(/c1cc(F)cc(C(C)CCN2CCCC2)c1)c1nc(-c2n[nH]c3cnc(-c4cncc(NC(=C)CC)c4)cc23)[nH]c1C. The molecule has 1 aliphatic rings. The Kier molecular flexibility index (Phi) is 9.21. The number of rotatable bonds is 12. The number of anilines is 1. The van der Waals surface area contributed by atoms with Gasteiger partial charge in [0.15, 0.2) is 5.82 Å². The number of hydrogen-bond donors (Lipinski definition) is 3. The van der Waals surface area contributed by atoms with Crippen LogP contribution in [0.4, 0.5) is 10.1 Å². The number of nitrogens with one attached hydrogen (secondary N) is 3. The van der Waals surface area contributed by atoms with Crippen molar-refractivity contribution >= 4 is 22.2 Å². The highest BCUT2D eigenvalue weighted by Crippen LogP contribution is 2.33. The highest BCUT2D eigenvalue weighted by molar-refractivity contribution is 5.93. The van der Waals surface area contributed by atoms with Crippen molar-refractivity contribution < 1.29 is 4.39 Å². The van der Waals surface area contributed by atoms with Gasteiger partial charge in [-0.2, -0.15) is 5.10 Å². The van der Waals surface area contributed by atoms with E-state index in [0.717, 1.165) is 94.1 Å². The highest BCUT2D eigenvalue weighted by Gasteiger charge is 2.20. The van der Waals surface area contributed by atoms with Crippen molar-refractivity contribution in [2.75, 3.05) is 25.0 Å². The maximum absolute atomic E-state index is 15.1. The predicted octanol–water partition coefficient (Wildman–Crippen LogP) is 8.40. The third kappa shape index (κ3) is 6.70. The largest absolute Gasteiger partial charge is 0.358 e. The van der Waals surface area contributed by atoms with Crippen molar-refractivity contribution in [2.24, 2.45) is 0 Å². The summed E-state index contributed by atoms with van der Waals surface area (Å²) in [5, 5.41) is 11.9. The lowest BCUT2D eigenvalue weighted by molar-refractivity contribution is 0.324. The number of likely N-dealkylation sites (tertiary alicyclic amines) is 1. The molecule has 5 heterocycles. The summed E-state index contributed by atoms with van der Waals surface area (Å²) < 4.78 is 15.1. The monoisotopic (exact) mass is 616 g/mol. The molecule has 1 fully saturated rings. The van der Waals surface area contributed by atoms with Crippen LogP contribution in [0.1, 0.15) is 68.0 Å². The summed E-state index contributed by atoms with van der Waals surface area (Å²) in [6.07, 6.45) is 13.3. The maximum atomic E-state index is 15.1. The summed E-state index contributed by atoms with van der Waals surface area (Å²) in [4.78, 5) is 20.0. The molecule has 0 saturated carbocycles. The van der Waals surface area contributed by atoms with Gasteiger partial charge in [-0.25, -0.2) is 9.37 Å². The molecule has 1 aliphatic heterocycles. The van der Waals surface area contributed by atoms with Crippen LogP contribution in [0.25, 0.3) is 39.3 Å². The number of allylic oxidation sites excluding steroid dienone is 3. The topological polar surface area (TPSA) is 98.4 Å². The van der Waals surface area contributed by atoms with Gasteiger partial charge in [0.2, 0.25) is 0 Å². The van der Waals surface area contributed by atoms with E-state index in [1.54, 1.807) is 36.8 Å². The number of aromatic amines is 2. The number of halogens is 1. The lowest BCUT2D eigenvalue weighted by atomic mass is 9.92. The average molecular weight is 617 g/mol. The molecule has 0 amide bonds. The molecule has 6 rings (SSSR count). The van der Waals surface area contributed by atoms with Gasteiger partial charge in [0.25, 0.3) is 0 Å². The first-order chi connectivity index (χ1) is 22.3. The summed E-state index contributed by atoms with van der Waals surface area (Å²) in [7, 11) is 0. The fourth-order valence-corrected chi connectivity index (χ4v) is 6.06. The predicted molar refractivity (Wildman–Crippen MR) is 185 cm³/mol. The molecule has 1 atom stereocenters. The van der Waals surface area contributed by atoms with Crippen molar-refractivity contribution in [3.63, 3.8) is 0 Å². The Morgan fingerprint density at radius 3 is 2.74 bits per heavy atom. The van der Waals surface area contributed by atoms with Crippen LogP contribution in [-0.2, 0) is 0 Å². The lowest BCUT2D eigenvalue weighted by Crippen LogP contribution is -2.21. The lowest BCUT2D eigenvalue weighted by Gasteiger charge is -2.19. The summed E-state index contributed by atoms with van der Waals surface area (Å²) >= 11 is 0. The molecular formula is C37H41FN8. The van der Waals surface area contributed by atoms with Crippen LogP contribution in [0.3, 0.4) is 0 Å². The number of imidazole rings is 1. The molecule has 46 heavy (non-hydrogen) atoms.